The summed E-state index contributed by atoms with van der Waals surface area (Å²) in [4.78, 5) is 23.2. The van der Waals surface area contributed by atoms with Crippen molar-refractivity contribution in [2.24, 2.45) is 0 Å². The average Bonchev–Trinajstić information content (AvgIpc) is 2.61. The summed E-state index contributed by atoms with van der Waals surface area (Å²) in [5.74, 6) is -1.14. The number of carbonyl (C=O) groups is 2. The molecule has 6 heteroatoms. The van der Waals surface area contributed by atoms with E-state index in [1.807, 2.05) is 0 Å². The molecule has 1 aliphatic rings. The van der Waals surface area contributed by atoms with E-state index in [-0.39, 0.29) is 6.42 Å². The van der Waals surface area contributed by atoms with Crippen LogP contribution in [0, 0.1) is 0 Å². The number of amides is 1. The fourth-order valence-corrected chi connectivity index (χ4v) is 1.78. The van der Waals surface area contributed by atoms with Crippen LogP contribution in [0.1, 0.15) is 18.9 Å². The second-order valence-electron chi connectivity index (χ2n) is 4.23. The number of anilines is 1. The van der Waals surface area contributed by atoms with Gasteiger partial charge < -0.3 is 10.4 Å². The van der Waals surface area contributed by atoms with Gasteiger partial charge in [0.15, 0.2) is 5.78 Å². The minimum Gasteiger partial charge on any atom is -0.369 e. The van der Waals surface area contributed by atoms with Crippen LogP contribution in [0.2, 0.25) is 0 Å². The Morgan fingerprint density at radius 2 is 1.89 bits per heavy atom. The molecule has 0 aliphatic carbocycles. The molecule has 2 N–H and O–H groups in total. The fraction of sp³-hybridized carbons (Fsp3) is 0.385. The zero-order chi connectivity index (χ0) is 14.6. The first kappa shape index (κ1) is 15.5. The van der Waals surface area contributed by atoms with E-state index >= 15 is 0 Å². The largest absolute Gasteiger partial charge is 0.369 e. The second-order valence-corrected chi connectivity index (χ2v) is 5.71. The highest BCUT2D eigenvalue weighted by atomic mass is 32.2. The number of aliphatic hydroxyl groups is 1. The summed E-state index contributed by atoms with van der Waals surface area (Å²) >= 11 is 0. The predicted octanol–water partition coefficient (Wildman–Crippen LogP) is 0.800. The van der Waals surface area contributed by atoms with Crippen LogP contribution in [-0.2, 0) is 26.0 Å². The molecule has 1 aromatic carbocycles. The molecule has 1 amide bonds. The van der Waals surface area contributed by atoms with E-state index in [1.54, 1.807) is 43.7 Å². The van der Waals surface area contributed by atoms with Gasteiger partial charge in [-0.1, -0.05) is 25.1 Å². The van der Waals surface area contributed by atoms with E-state index in [9.17, 15) is 18.9 Å². The number of hydrogen-bond acceptors (Lipinski definition) is 4. The predicted molar refractivity (Wildman–Crippen MR) is 74.3 cm³/mol. The number of ketones is 1. The first-order valence-electron chi connectivity index (χ1n) is 5.75. The van der Waals surface area contributed by atoms with Crippen molar-refractivity contribution in [2.75, 3.05) is 17.8 Å². The maximum atomic E-state index is 11.6. The van der Waals surface area contributed by atoms with Gasteiger partial charge >= 0.3 is 0 Å². The highest BCUT2D eigenvalue weighted by Crippen LogP contribution is 2.36. The Morgan fingerprint density at radius 3 is 2.42 bits per heavy atom. The number of nitrogens with one attached hydrogen (secondary N) is 1. The number of Topliss-reactive ketones (excluding diaryl/α,β-unsaturated/α-hetero) is 1. The molecule has 0 radical (unpaired) electrons. The molecule has 19 heavy (non-hydrogen) atoms. The van der Waals surface area contributed by atoms with E-state index in [1.165, 1.54) is 0 Å². The third kappa shape index (κ3) is 3.08. The molecule has 1 aromatic rings. The van der Waals surface area contributed by atoms with Crippen LogP contribution >= 0.6 is 0 Å². The quantitative estimate of drug-likeness (QED) is 0.786. The summed E-state index contributed by atoms with van der Waals surface area (Å²) in [5.41, 5.74) is -1.14. The van der Waals surface area contributed by atoms with Crippen molar-refractivity contribution in [3.05, 3.63) is 29.8 Å². The van der Waals surface area contributed by atoms with Crippen molar-refractivity contribution in [1.82, 2.24) is 0 Å². The Morgan fingerprint density at radius 1 is 1.37 bits per heavy atom. The number of para-hydroxylation sites is 1. The highest BCUT2D eigenvalue weighted by molar-refractivity contribution is 7.83. The first-order chi connectivity index (χ1) is 8.83. The SMILES string of the molecule is CCC(=O)C1(O)C(=O)Nc2ccccc21.CS(C)=O. The molecule has 0 fully saturated rings. The first-order valence-corrected chi connectivity index (χ1v) is 7.72. The summed E-state index contributed by atoms with van der Waals surface area (Å²) in [6.07, 6.45) is 3.40. The van der Waals surface area contributed by atoms with E-state index in [2.05, 4.69) is 5.32 Å². The molecule has 1 aliphatic heterocycles. The molecule has 5 nitrogen and oxygen atoms in total. The van der Waals surface area contributed by atoms with Crippen LogP contribution < -0.4 is 5.32 Å². The molecule has 1 atom stereocenters. The van der Waals surface area contributed by atoms with Crippen molar-refractivity contribution < 1.29 is 18.9 Å². The Kier molecular flexibility index (Phi) is 4.97. The molecule has 2 rings (SSSR count). The van der Waals surface area contributed by atoms with Gasteiger partial charge in [-0.25, -0.2) is 0 Å². The Bertz CT molecular complexity index is 515. The lowest BCUT2D eigenvalue weighted by Crippen LogP contribution is -2.41. The number of carbonyl (C=O) groups excluding carboxylic acids is 2. The number of fused-ring (bicyclic) bond motifs is 1. The van der Waals surface area contributed by atoms with E-state index in [4.69, 9.17) is 0 Å². The Hall–Kier alpha value is -1.53. The van der Waals surface area contributed by atoms with Gasteiger partial charge in [-0.3, -0.25) is 13.8 Å². The Balaban J connectivity index is 0.000000399. The van der Waals surface area contributed by atoms with Gasteiger partial charge in [0, 0.05) is 41.0 Å². The number of hydrogen-bond donors (Lipinski definition) is 2. The van der Waals surface area contributed by atoms with Crippen LogP contribution in [0.15, 0.2) is 24.3 Å². The van der Waals surface area contributed by atoms with Gasteiger partial charge in [0.1, 0.15) is 0 Å². The van der Waals surface area contributed by atoms with E-state index in [0.717, 1.165) is 0 Å². The average molecular weight is 283 g/mol. The number of benzene rings is 1. The molecule has 0 saturated carbocycles. The zero-order valence-electron chi connectivity index (χ0n) is 11.1. The van der Waals surface area contributed by atoms with Crippen molar-refractivity contribution in [3.63, 3.8) is 0 Å². The normalized spacial score (nSPS) is 20.4. The van der Waals surface area contributed by atoms with Crippen molar-refractivity contribution in [2.45, 2.75) is 18.9 Å². The molecule has 0 aromatic heterocycles. The van der Waals surface area contributed by atoms with Gasteiger partial charge in [0.05, 0.1) is 0 Å². The molecule has 1 heterocycles. The zero-order valence-corrected chi connectivity index (χ0v) is 11.9. The topological polar surface area (TPSA) is 83.5 Å². The molecule has 0 saturated heterocycles. The smallest absolute Gasteiger partial charge is 0.269 e. The van der Waals surface area contributed by atoms with Gasteiger partial charge in [-0.2, -0.15) is 0 Å². The fourth-order valence-electron chi connectivity index (χ4n) is 1.78. The van der Waals surface area contributed by atoms with Crippen molar-refractivity contribution >= 4 is 28.2 Å². The molecular formula is C13H17NO4S. The lowest BCUT2D eigenvalue weighted by Gasteiger charge is -2.17. The van der Waals surface area contributed by atoms with Gasteiger partial charge in [-0.15, -0.1) is 0 Å². The lowest BCUT2D eigenvalue weighted by atomic mass is 9.89. The minimum atomic E-state index is -1.99. The lowest BCUT2D eigenvalue weighted by molar-refractivity contribution is -0.148. The molecule has 0 bridgehead atoms. The van der Waals surface area contributed by atoms with Crippen molar-refractivity contribution in [3.8, 4) is 0 Å². The third-order valence-corrected chi connectivity index (χ3v) is 2.62. The monoisotopic (exact) mass is 283 g/mol. The van der Waals surface area contributed by atoms with Crippen LogP contribution in [0.5, 0.6) is 0 Å². The van der Waals surface area contributed by atoms with Gasteiger partial charge in [-0.05, 0) is 6.07 Å². The van der Waals surface area contributed by atoms with Crippen LogP contribution in [0.4, 0.5) is 5.69 Å². The molecule has 0 spiro atoms. The minimum absolute atomic E-state index is 0.123. The summed E-state index contributed by atoms with van der Waals surface area (Å²) in [5, 5.41) is 12.6. The summed E-state index contributed by atoms with van der Waals surface area (Å²) in [6, 6.07) is 6.67. The molecule has 1 unspecified atom stereocenters. The van der Waals surface area contributed by atoms with Crippen LogP contribution in [0.3, 0.4) is 0 Å². The second kappa shape index (κ2) is 6.08. The van der Waals surface area contributed by atoms with Crippen molar-refractivity contribution in [1.29, 1.82) is 0 Å². The molecular weight excluding hydrogens is 266 g/mol. The maximum Gasteiger partial charge on any atom is 0.269 e. The highest BCUT2D eigenvalue weighted by Gasteiger charge is 2.50. The Labute approximate surface area is 114 Å². The van der Waals surface area contributed by atoms with E-state index < -0.39 is 28.1 Å². The maximum absolute atomic E-state index is 11.6. The summed E-state index contributed by atoms with van der Waals surface area (Å²) in [6.45, 7) is 1.62. The van der Waals surface area contributed by atoms with E-state index in [0.29, 0.717) is 11.3 Å². The van der Waals surface area contributed by atoms with Gasteiger partial charge in [0.25, 0.3) is 5.91 Å². The summed E-state index contributed by atoms with van der Waals surface area (Å²) < 4.78 is 9.56. The standard InChI is InChI=1S/C11H11NO3.C2H6OS/c1-2-9(13)11(15)7-5-3-4-6-8(7)12-10(11)14;1-4(2)3/h3-6,15H,2H2,1H3,(H,12,14);1-2H3. The van der Waals surface area contributed by atoms with Crippen LogP contribution in [0.25, 0.3) is 0 Å². The third-order valence-electron chi connectivity index (χ3n) is 2.62. The van der Waals surface area contributed by atoms with Gasteiger partial charge in [0.2, 0.25) is 5.60 Å². The molecule has 104 valence electrons. The van der Waals surface area contributed by atoms with Crippen LogP contribution in [-0.4, -0.2) is 33.5 Å². The number of rotatable bonds is 2. The summed E-state index contributed by atoms with van der Waals surface area (Å²) in [7, 11) is -0.611.